The summed E-state index contributed by atoms with van der Waals surface area (Å²) in [5.74, 6) is -1.22. The summed E-state index contributed by atoms with van der Waals surface area (Å²) < 4.78 is 42.5. The van der Waals surface area contributed by atoms with E-state index in [1.54, 1.807) is 0 Å². The predicted molar refractivity (Wildman–Crippen MR) is 63.6 cm³/mol. The molecule has 0 spiro atoms. The van der Waals surface area contributed by atoms with Crippen LogP contribution in [0.5, 0.6) is 0 Å². The molecule has 8 heteroatoms. The van der Waals surface area contributed by atoms with E-state index < -0.39 is 22.7 Å². The van der Waals surface area contributed by atoms with Crippen molar-refractivity contribution < 1.29 is 27.6 Å². The summed E-state index contributed by atoms with van der Waals surface area (Å²) in [6.07, 6.45) is -4.58. The lowest BCUT2D eigenvalue weighted by Crippen LogP contribution is -2.06. The van der Waals surface area contributed by atoms with Gasteiger partial charge in [-0.25, -0.2) is 4.79 Å². The third kappa shape index (κ3) is 2.49. The van der Waals surface area contributed by atoms with Crippen molar-refractivity contribution in [2.75, 3.05) is 0 Å². The van der Waals surface area contributed by atoms with Crippen molar-refractivity contribution in [2.45, 2.75) is 13.1 Å². The molecule has 4 nitrogen and oxygen atoms in total. The standard InChI is InChI=1S/C12H7ClF3NO3/c1-5-9(11(18)19)10(17-20-5)6-2-3-7(8(13)4-6)12(14,15)16/h2-4H,1H3,(H,18,19). The van der Waals surface area contributed by atoms with Gasteiger partial charge in [0.05, 0.1) is 10.6 Å². The Labute approximate surface area is 115 Å². The summed E-state index contributed by atoms with van der Waals surface area (Å²) in [4.78, 5) is 11.1. The maximum atomic E-state index is 12.6. The number of aryl methyl sites for hydroxylation is 1. The first kappa shape index (κ1) is 14.4. The number of halogens is 4. The molecule has 2 aromatic rings. The number of hydrogen-bond donors (Lipinski definition) is 1. The molecule has 0 atom stereocenters. The van der Waals surface area contributed by atoms with E-state index in [0.29, 0.717) is 0 Å². The number of carboxylic acids is 1. The molecule has 0 fully saturated rings. The third-order valence-corrected chi connectivity index (χ3v) is 2.94. The SMILES string of the molecule is Cc1onc(-c2ccc(C(F)(F)F)c(Cl)c2)c1C(=O)O. The number of rotatable bonds is 2. The van der Waals surface area contributed by atoms with E-state index in [0.717, 1.165) is 18.2 Å². The highest BCUT2D eigenvalue weighted by atomic mass is 35.5. The van der Waals surface area contributed by atoms with Crippen LogP contribution in [0.2, 0.25) is 5.02 Å². The van der Waals surface area contributed by atoms with Gasteiger partial charge in [-0.1, -0.05) is 22.8 Å². The number of carboxylic acid groups (broad SMARTS) is 1. The average molecular weight is 306 g/mol. The minimum absolute atomic E-state index is 0.0588. The molecule has 1 heterocycles. The molecule has 0 radical (unpaired) electrons. The van der Waals surface area contributed by atoms with Gasteiger partial charge in [-0.15, -0.1) is 0 Å². The van der Waals surface area contributed by atoms with E-state index in [4.69, 9.17) is 21.2 Å². The summed E-state index contributed by atoms with van der Waals surface area (Å²) in [6.45, 7) is 1.39. The first-order chi connectivity index (χ1) is 9.21. The third-order valence-electron chi connectivity index (χ3n) is 2.62. The molecular formula is C12H7ClF3NO3. The highest BCUT2D eigenvalue weighted by molar-refractivity contribution is 6.31. The van der Waals surface area contributed by atoms with Gasteiger partial charge in [0.2, 0.25) is 0 Å². The Bertz CT molecular complexity index is 679. The zero-order chi connectivity index (χ0) is 15.1. The topological polar surface area (TPSA) is 63.3 Å². The summed E-state index contributed by atoms with van der Waals surface area (Å²) >= 11 is 5.58. The van der Waals surface area contributed by atoms with E-state index in [1.807, 2.05) is 0 Å². The largest absolute Gasteiger partial charge is 0.477 e. The molecule has 0 amide bonds. The lowest BCUT2D eigenvalue weighted by molar-refractivity contribution is -0.137. The van der Waals surface area contributed by atoms with Crippen LogP contribution in [-0.2, 0) is 6.18 Å². The average Bonchev–Trinajstić information content (AvgIpc) is 2.69. The van der Waals surface area contributed by atoms with Crippen LogP contribution in [0.25, 0.3) is 11.3 Å². The van der Waals surface area contributed by atoms with Gasteiger partial charge in [0, 0.05) is 5.56 Å². The Kier molecular flexibility index (Phi) is 3.47. The van der Waals surface area contributed by atoms with Gasteiger partial charge in [0.15, 0.2) is 0 Å². The maximum Gasteiger partial charge on any atom is 0.417 e. The van der Waals surface area contributed by atoms with Crippen LogP contribution in [0.15, 0.2) is 22.7 Å². The zero-order valence-corrected chi connectivity index (χ0v) is 10.7. The molecule has 0 aliphatic heterocycles. The van der Waals surface area contributed by atoms with Crippen LogP contribution in [0.3, 0.4) is 0 Å². The monoisotopic (exact) mass is 305 g/mol. The van der Waals surface area contributed by atoms with Gasteiger partial charge in [-0.2, -0.15) is 13.2 Å². The minimum atomic E-state index is -4.58. The van der Waals surface area contributed by atoms with Crippen molar-refractivity contribution in [1.82, 2.24) is 5.16 Å². The molecule has 1 aromatic heterocycles. The minimum Gasteiger partial charge on any atom is -0.477 e. The van der Waals surface area contributed by atoms with Crippen LogP contribution in [0.4, 0.5) is 13.2 Å². The number of aromatic nitrogens is 1. The summed E-state index contributed by atoms with van der Waals surface area (Å²) in [5.41, 5.74) is -1.14. The van der Waals surface area contributed by atoms with Gasteiger partial charge >= 0.3 is 12.1 Å². The summed E-state index contributed by atoms with van der Waals surface area (Å²) in [7, 11) is 0. The molecular weight excluding hydrogens is 299 g/mol. The van der Waals surface area contributed by atoms with Crippen LogP contribution in [0, 0.1) is 6.92 Å². The fourth-order valence-electron chi connectivity index (χ4n) is 1.71. The van der Waals surface area contributed by atoms with Gasteiger partial charge in [0.25, 0.3) is 0 Å². The Morgan fingerprint density at radius 2 is 2.05 bits per heavy atom. The molecule has 2 rings (SSSR count). The smallest absolute Gasteiger partial charge is 0.417 e. The Morgan fingerprint density at radius 1 is 1.40 bits per heavy atom. The molecule has 0 aliphatic rings. The van der Waals surface area contributed by atoms with E-state index in [9.17, 15) is 18.0 Å². The van der Waals surface area contributed by atoms with Crippen molar-refractivity contribution >= 4 is 17.6 Å². The predicted octanol–water partition coefficient (Wildman–Crippen LogP) is 4.02. The zero-order valence-electron chi connectivity index (χ0n) is 9.95. The normalized spacial score (nSPS) is 11.7. The highest BCUT2D eigenvalue weighted by Crippen LogP contribution is 2.37. The van der Waals surface area contributed by atoms with Crippen molar-refractivity contribution in [3.63, 3.8) is 0 Å². The fourth-order valence-corrected chi connectivity index (χ4v) is 2.00. The lowest BCUT2D eigenvalue weighted by Gasteiger charge is -2.09. The molecule has 0 saturated heterocycles. The number of hydrogen-bond acceptors (Lipinski definition) is 3. The molecule has 0 aliphatic carbocycles. The molecule has 1 N–H and O–H groups in total. The van der Waals surface area contributed by atoms with E-state index in [-0.39, 0.29) is 22.6 Å². The first-order valence-electron chi connectivity index (χ1n) is 5.28. The molecule has 0 saturated carbocycles. The number of aromatic carboxylic acids is 1. The van der Waals surface area contributed by atoms with Gasteiger partial charge in [-0.3, -0.25) is 0 Å². The van der Waals surface area contributed by atoms with Crippen molar-refractivity contribution in [3.8, 4) is 11.3 Å². The summed E-state index contributed by atoms with van der Waals surface area (Å²) in [6, 6.07) is 2.87. The summed E-state index contributed by atoms with van der Waals surface area (Å²) in [5, 5.41) is 12.0. The lowest BCUT2D eigenvalue weighted by atomic mass is 10.0. The van der Waals surface area contributed by atoms with E-state index in [1.165, 1.54) is 6.92 Å². The highest BCUT2D eigenvalue weighted by Gasteiger charge is 2.33. The molecule has 0 unspecified atom stereocenters. The molecule has 0 bridgehead atoms. The second-order valence-corrected chi connectivity index (χ2v) is 4.37. The van der Waals surface area contributed by atoms with Crippen molar-refractivity contribution in [3.05, 3.63) is 40.1 Å². The van der Waals surface area contributed by atoms with Crippen molar-refractivity contribution in [1.29, 1.82) is 0 Å². The fraction of sp³-hybridized carbons (Fsp3) is 0.167. The Balaban J connectivity index is 2.56. The van der Waals surface area contributed by atoms with Crippen LogP contribution < -0.4 is 0 Å². The quantitative estimate of drug-likeness (QED) is 0.910. The maximum absolute atomic E-state index is 12.6. The van der Waals surface area contributed by atoms with Crippen LogP contribution in [0.1, 0.15) is 21.7 Å². The van der Waals surface area contributed by atoms with E-state index >= 15 is 0 Å². The van der Waals surface area contributed by atoms with Gasteiger partial charge < -0.3 is 9.63 Å². The first-order valence-corrected chi connectivity index (χ1v) is 5.66. The van der Waals surface area contributed by atoms with Crippen molar-refractivity contribution in [2.24, 2.45) is 0 Å². The molecule has 1 aromatic carbocycles. The van der Waals surface area contributed by atoms with Crippen LogP contribution in [-0.4, -0.2) is 16.2 Å². The van der Waals surface area contributed by atoms with Crippen LogP contribution >= 0.6 is 11.6 Å². The van der Waals surface area contributed by atoms with Gasteiger partial charge in [-0.05, 0) is 19.1 Å². The Hall–Kier alpha value is -2.02. The molecule has 106 valence electrons. The van der Waals surface area contributed by atoms with E-state index in [2.05, 4.69) is 5.16 Å². The number of nitrogens with zero attached hydrogens (tertiary/aromatic N) is 1. The molecule has 20 heavy (non-hydrogen) atoms. The second kappa shape index (κ2) is 4.82. The number of carbonyl (C=O) groups is 1. The second-order valence-electron chi connectivity index (χ2n) is 3.96. The Morgan fingerprint density at radius 3 is 2.55 bits per heavy atom. The number of benzene rings is 1. The number of alkyl halides is 3. The van der Waals surface area contributed by atoms with Gasteiger partial charge in [0.1, 0.15) is 17.0 Å².